The Kier molecular flexibility index (Phi) is 4.56. The number of anilines is 1. The van der Waals surface area contributed by atoms with Crippen molar-refractivity contribution in [1.29, 1.82) is 0 Å². The van der Waals surface area contributed by atoms with E-state index in [1.165, 1.54) is 12.1 Å². The van der Waals surface area contributed by atoms with Gasteiger partial charge in [-0.1, -0.05) is 18.2 Å². The normalized spacial score (nSPS) is 10.4. The molecule has 1 N–H and O–H groups in total. The van der Waals surface area contributed by atoms with Crippen LogP contribution in [0.15, 0.2) is 60.7 Å². The lowest BCUT2D eigenvalue weighted by Gasteiger charge is -2.10. The standard InChI is InChI=1S/C18H16FN3O2/c1-13-11-17(22(21-13)15-9-7-14(19)8-10-15)20-18(23)12-24-16-5-3-2-4-6-16/h2-11H,12H2,1H3,(H,20,23). The number of aryl methyl sites for hydroxylation is 1. The van der Waals surface area contributed by atoms with E-state index in [0.717, 1.165) is 5.69 Å². The second kappa shape index (κ2) is 6.95. The fourth-order valence-corrected chi connectivity index (χ4v) is 2.21. The summed E-state index contributed by atoms with van der Waals surface area (Å²) >= 11 is 0. The third kappa shape index (κ3) is 3.78. The van der Waals surface area contributed by atoms with E-state index in [9.17, 15) is 9.18 Å². The molecule has 122 valence electrons. The topological polar surface area (TPSA) is 56.1 Å². The summed E-state index contributed by atoms with van der Waals surface area (Å²) in [6, 6.07) is 16.7. The van der Waals surface area contributed by atoms with Gasteiger partial charge in [0.05, 0.1) is 11.4 Å². The van der Waals surface area contributed by atoms with Gasteiger partial charge in [-0.2, -0.15) is 5.10 Å². The highest BCUT2D eigenvalue weighted by molar-refractivity contribution is 5.91. The van der Waals surface area contributed by atoms with Crippen LogP contribution in [0.4, 0.5) is 10.2 Å². The number of ether oxygens (including phenoxy) is 1. The maximum atomic E-state index is 13.1. The summed E-state index contributed by atoms with van der Waals surface area (Å²) in [6.07, 6.45) is 0. The van der Waals surface area contributed by atoms with Crippen LogP contribution in [0.5, 0.6) is 5.75 Å². The first kappa shape index (κ1) is 15.7. The summed E-state index contributed by atoms with van der Waals surface area (Å²) in [5.41, 5.74) is 1.39. The zero-order valence-corrected chi connectivity index (χ0v) is 13.1. The quantitative estimate of drug-likeness (QED) is 0.783. The second-order valence-electron chi connectivity index (χ2n) is 5.21. The number of para-hydroxylation sites is 1. The van der Waals surface area contributed by atoms with Gasteiger partial charge in [0.2, 0.25) is 0 Å². The van der Waals surface area contributed by atoms with Gasteiger partial charge in [-0.15, -0.1) is 0 Å². The third-order valence-electron chi connectivity index (χ3n) is 3.28. The molecular weight excluding hydrogens is 309 g/mol. The molecular formula is C18H16FN3O2. The first-order chi connectivity index (χ1) is 11.6. The minimum absolute atomic E-state index is 0.113. The lowest BCUT2D eigenvalue weighted by Crippen LogP contribution is -2.21. The van der Waals surface area contributed by atoms with Gasteiger partial charge < -0.3 is 10.1 Å². The Morgan fingerprint density at radius 2 is 1.88 bits per heavy atom. The van der Waals surface area contributed by atoms with E-state index in [0.29, 0.717) is 17.3 Å². The summed E-state index contributed by atoms with van der Waals surface area (Å²) < 4.78 is 20.0. The molecule has 1 amide bonds. The number of nitrogens with zero attached hydrogens (tertiary/aromatic N) is 2. The van der Waals surface area contributed by atoms with Crippen molar-refractivity contribution in [1.82, 2.24) is 9.78 Å². The Labute approximate surface area is 138 Å². The molecule has 0 aliphatic carbocycles. The lowest BCUT2D eigenvalue weighted by molar-refractivity contribution is -0.118. The Balaban J connectivity index is 1.71. The van der Waals surface area contributed by atoms with E-state index in [1.807, 2.05) is 25.1 Å². The molecule has 0 bridgehead atoms. The molecule has 0 atom stereocenters. The molecule has 1 aromatic heterocycles. The predicted molar refractivity (Wildman–Crippen MR) is 88.8 cm³/mol. The summed E-state index contributed by atoms with van der Waals surface area (Å²) in [5, 5.41) is 7.08. The van der Waals surface area contributed by atoms with Gasteiger partial charge in [0.25, 0.3) is 5.91 Å². The summed E-state index contributed by atoms with van der Waals surface area (Å²) in [4.78, 5) is 12.1. The van der Waals surface area contributed by atoms with Crippen molar-refractivity contribution in [2.75, 3.05) is 11.9 Å². The molecule has 0 aliphatic heterocycles. The Morgan fingerprint density at radius 3 is 2.58 bits per heavy atom. The maximum Gasteiger partial charge on any atom is 0.263 e. The molecule has 0 fully saturated rings. The van der Waals surface area contributed by atoms with Gasteiger partial charge in [-0.25, -0.2) is 9.07 Å². The summed E-state index contributed by atoms with van der Waals surface area (Å²) in [7, 11) is 0. The van der Waals surface area contributed by atoms with E-state index in [2.05, 4.69) is 10.4 Å². The molecule has 0 radical (unpaired) electrons. The fourth-order valence-electron chi connectivity index (χ4n) is 2.21. The summed E-state index contributed by atoms with van der Waals surface area (Å²) in [6.45, 7) is 1.70. The van der Waals surface area contributed by atoms with Crippen molar-refractivity contribution in [3.05, 3.63) is 72.2 Å². The molecule has 1 heterocycles. The van der Waals surface area contributed by atoms with Gasteiger partial charge in [-0.3, -0.25) is 4.79 Å². The van der Waals surface area contributed by atoms with Crippen molar-refractivity contribution in [2.45, 2.75) is 6.92 Å². The van der Waals surface area contributed by atoms with Crippen LogP contribution in [0.1, 0.15) is 5.69 Å². The number of rotatable bonds is 5. The van der Waals surface area contributed by atoms with E-state index < -0.39 is 0 Å². The van der Waals surface area contributed by atoms with Crippen LogP contribution >= 0.6 is 0 Å². The van der Waals surface area contributed by atoms with Crippen molar-refractivity contribution in [3.8, 4) is 11.4 Å². The zero-order valence-electron chi connectivity index (χ0n) is 13.1. The smallest absolute Gasteiger partial charge is 0.263 e. The number of benzene rings is 2. The first-order valence-electron chi connectivity index (χ1n) is 7.42. The van der Waals surface area contributed by atoms with Crippen LogP contribution in [0, 0.1) is 12.7 Å². The molecule has 24 heavy (non-hydrogen) atoms. The average Bonchev–Trinajstić information content (AvgIpc) is 2.95. The minimum atomic E-state index is -0.329. The fraction of sp³-hybridized carbons (Fsp3) is 0.111. The number of hydrogen-bond donors (Lipinski definition) is 1. The molecule has 3 rings (SSSR count). The van der Waals surface area contributed by atoms with Crippen LogP contribution in [0.2, 0.25) is 0 Å². The number of halogens is 1. The lowest BCUT2D eigenvalue weighted by atomic mass is 10.3. The number of amides is 1. The molecule has 6 heteroatoms. The second-order valence-corrected chi connectivity index (χ2v) is 5.21. The van der Waals surface area contributed by atoms with Crippen LogP contribution in [0.3, 0.4) is 0 Å². The van der Waals surface area contributed by atoms with Gasteiger partial charge in [0.1, 0.15) is 17.4 Å². The average molecular weight is 325 g/mol. The Bertz CT molecular complexity index is 829. The number of aromatic nitrogens is 2. The molecule has 0 saturated carbocycles. The first-order valence-corrected chi connectivity index (χ1v) is 7.42. The van der Waals surface area contributed by atoms with Gasteiger partial charge in [0.15, 0.2) is 6.61 Å². The van der Waals surface area contributed by atoms with Crippen molar-refractivity contribution in [2.24, 2.45) is 0 Å². The van der Waals surface area contributed by atoms with Gasteiger partial charge >= 0.3 is 0 Å². The third-order valence-corrected chi connectivity index (χ3v) is 3.28. The molecule has 5 nitrogen and oxygen atoms in total. The monoisotopic (exact) mass is 325 g/mol. The highest BCUT2D eigenvalue weighted by Crippen LogP contribution is 2.17. The number of carbonyl (C=O) groups is 1. The van der Waals surface area contributed by atoms with Crippen molar-refractivity contribution >= 4 is 11.7 Å². The maximum absolute atomic E-state index is 13.1. The highest BCUT2D eigenvalue weighted by atomic mass is 19.1. The van der Waals surface area contributed by atoms with Crippen LogP contribution in [-0.4, -0.2) is 22.3 Å². The Hall–Kier alpha value is -3.15. The number of carbonyl (C=O) groups excluding carboxylic acids is 1. The molecule has 0 aliphatic rings. The molecule has 2 aromatic carbocycles. The van der Waals surface area contributed by atoms with Crippen LogP contribution in [-0.2, 0) is 4.79 Å². The number of hydrogen-bond acceptors (Lipinski definition) is 3. The number of nitrogens with one attached hydrogen (secondary N) is 1. The van der Waals surface area contributed by atoms with Crippen LogP contribution in [0.25, 0.3) is 5.69 Å². The Morgan fingerprint density at radius 1 is 1.17 bits per heavy atom. The van der Waals surface area contributed by atoms with E-state index in [1.54, 1.807) is 35.0 Å². The van der Waals surface area contributed by atoms with Crippen LogP contribution < -0.4 is 10.1 Å². The zero-order chi connectivity index (χ0) is 16.9. The predicted octanol–water partition coefficient (Wildman–Crippen LogP) is 3.34. The molecule has 0 unspecified atom stereocenters. The van der Waals surface area contributed by atoms with E-state index in [4.69, 9.17) is 4.74 Å². The highest BCUT2D eigenvalue weighted by Gasteiger charge is 2.11. The summed E-state index contributed by atoms with van der Waals surface area (Å²) in [5.74, 6) is 0.489. The van der Waals surface area contributed by atoms with Crippen molar-refractivity contribution in [3.63, 3.8) is 0 Å². The van der Waals surface area contributed by atoms with Crippen molar-refractivity contribution < 1.29 is 13.9 Å². The van der Waals surface area contributed by atoms with E-state index in [-0.39, 0.29) is 18.3 Å². The molecule has 0 saturated heterocycles. The van der Waals surface area contributed by atoms with Gasteiger partial charge in [-0.05, 0) is 43.3 Å². The minimum Gasteiger partial charge on any atom is -0.484 e. The largest absolute Gasteiger partial charge is 0.484 e. The van der Waals surface area contributed by atoms with Gasteiger partial charge in [0, 0.05) is 6.07 Å². The SMILES string of the molecule is Cc1cc(NC(=O)COc2ccccc2)n(-c2ccc(F)cc2)n1. The molecule has 3 aromatic rings. The molecule has 0 spiro atoms. The van der Waals surface area contributed by atoms with E-state index >= 15 is 0 Å².